The van der Waals surface area contributed by atoms with Gasteiger partial charge in [-0.3, -0.25) is 0 Å². The lowest BCUT2D eigenvalue weighted by molar-refractivity contribution is 0.668. The number of rotatable bonds is 4. The van der Waals surface area contributed by atoms with Gasteiger partial charge in [-0.2, -0.15) is 0 Å². The van der Waals surface area contributed by atoms with E-state index in [1.165, 1.54) is 20.2 Å². The first kappa shape index (κ1) is 28.5. The predicted molar refractivity (Wildman–Crippen MR) is 209 cm³/mol. The second-order valence-electron chi connectivity index (χ2n) is 13.0. The topological polar surface area (TPSA) is 65.0 Å². The lowest BCUT2D eigenvalue weighted by Gasteiger charge is -2.15. The highest BCUT2D eigenvalue weighted by atomic mass is 32.1. The number of furan rings is 2. The Bertz CT molecular complexity index is 3090. The van der Waals surface area contributed by atoms with Gasteiger partial charge >= 0.3 is 0 Å². The first-order chi connectivity index (χ1) is 25.3. The molecule has 1 aliphatic rings. The van der Waals surface area contributed by atoms with Crippen LogP contribution in [-0.2, 0) is 0 Å². The van der Waals surface area contributed by atoms with E-state index in [-0.39, 0.29) is 5.92 Å². The Morgan fingerprint density at radius 2 is 1.16 bits per heavy atom. The summed E-state index contributed by atoms with van der Waals surface area (Å²) in [5, 5.41) is 6.61. The second-order valence-corrected chi connectivity index (χ2v) is 14.1. The highest BCUT2D eigenvalue weighted by Gasteiger charge is 2.23. The number of nitrogens with zero attached hydrogens (tertiary/aromatic N) is 3. The van der Waals surface area contributed by atoms with Crippen LogP contribution in [0.2, 0.25) is 0 Å². The molecule has 6 aromatic carbocycles. The van der Waals surface area contributed by atoms with Gasteiger partial charge in [-0.15, -0.1) is 11.3 Å². The van der Waals surface area contributed by atoms with Gasteiger partial charge in [0.1, 0.15) is 28.2 Å². The lowest BCUT2D eigenvalue weighted by Crippen LogP contribution is -2.08. The van der Waals surface area contributed by atoms with Gasteiger partial charge in [-0.25, -0.2) is 15.0 Å². The van der Waals surface area contributed by atoms with E-state index in [0.29, 0.717) is 11.6 Å². The van der Waals surface area contributed by atoms with Crippen molar-refractivity contribution in [2.45, 2.75) is 12.3 Å². The third kappa shape index (κ3) is 4.43. The van der Waals surface area contributed by atoms with Crippen molar-refractivity contribution in [3.05, 3.63) is 151 Å². The van der Waals surface area contributed by atoms with Crippen molar-refractivity contribution >= 4 is 75.4 Å². The number of aromatic nitrogens is 3. The molecule has 4 aromatic heterocycles. The van der Waals surface area contributed by atoms with E-state index in [9.17, 15) is 0 Å². The summed E-state index contributed by atoms with van der Waals surface area (Å²) in [4.78, 5) is 15.7. The summed E-state index contributed by atoms with van der Waals surface area (Å²) in [6, 6.07) is 42.1. The highest BCUT2D eigenvalue weighted by molar-refractivity contribution is 7.25. The average Bonchev–Trinajstić information content (AvgIpc) is 3.89. The average molecular weight is 674 g/mol. The minimum atomic E-state index is 0.0420. The van der Waals surface area contributed by atoms with Crippen LogP contribution in [0, 0.1) is 0 Å². The zero-order chi connectivity index (χ0) is 33.5. The SMILES string of the molecule is C1=CCC(c2nc(-c3cccc4sc5ccccc5c34)nc(-c3cccc4oc5cccc(-c6ccc7c(c6)oc6ccccc67)c5c34)n2)C=C1. The van der Waals surface area contributed by atoms with Crippen LogP contribution < -0.4 is 0 Å². The van der Waals surface area contributed by atoms with Crippen molar-refractivity contribution in [2.75, 3.05) is 0 Å². The summed E-state index contributed by atoms with van der Waals surface area (Å²) in [6.45, 7) is 0. The maximum atomic E-state index is 6.56. The Kier molecular flexibility index (Phi) is 6.18. The number of thiophene rings is 1. The molecule has 240 valence electrons. The number of hydrogen-bond acceptors (Lipinski definition) is 6. The van der Waals surface area contributed by atoms with Crippen LogP contribution in [0.4, 0.5) is 0 Å². The van der Waals surface area contributed by atoms with E-state index in [0.717, 1.165) is 78.4 Å². The van der Waals surface area contributed by atoms with Crippen LogP contribution >= 0.6 is 11.3 Å². The molecular weight excluding hydrogens is 647 g/mol. The first-order valence-electron chi connectivity index (χ1n) is 17.1. The molecular formula is C45H27N3O2S. The minimum absolute atomic E-state index is 0.0420. The van der Waals surface area contributed by atoms with E-state index >= 15 is 0 Å². The highest BCUT2D eigenvalue weighted by Crippen LogP contribution is 2.44. The molecule has 10 aromatic rings. The Morgan fingerprint density at radius 1 is 0.510 bits per heavy atom. The van der Waals surface area contributed by atoms with Crippen molar-refractivity contribution in [2.24, 2.45) is 0 Å². The minimum Gasteiger partial charge on any atom is -0.456 e. The van der Waals surface area contributed by atoms with Crippen LogP contribution in [0.5, 0.6) is 0 Å². The van der Waals surface area contributed by atoms with Crippen molar-refractivity contribution in [3.63, 3.8) is 0 Å². The molecule has 51 heavy (non-hydrogen) atoms. The Morgan fingerprint density at radius 3 is 1.98 bits per heavy atom. The second kappa shape index (κ2) is 11.1. The van der Waals surface area contributed by atoms with E-state index in [2.05, 4.69) is 109 Å². The molecule has 5 nitrogen and oxygen atoms in total. The van der Waals surface area contributed by atoms with Crippen molar-refractivity contribution < 1.29 is 8.83 Å². The van der Waals surface area contributed by atoms with Gasteiger partial charge in [-0.05, 0) is 60.0 Å². The third-order valence-corrected chi connectivity index (χ3v) is 11.2. The largest absolute Gasteiger partial charge is 0.456 e. The number of benzene rings is 6. The summed E-state index contributed by atoms with van der Waals surface area (Å²) < 4.78 is 15.3. The number of hydrogen-bond donors (Lipinski definition) is 0. The summed E-state index contributed by atoms with van der Waals surface area (Å²) in [6.07, 6.45) is 9.36. The molecule has 1 atom stereocenters. The van der Waals surface area contributed by atoms with Crippen LogP contribution in [0.25, 0.3) is 98.0 Å². The summed E-state index contributed by atoms with van der Waals surface area (Å²) in [5.41, 5.74) is 7.37. The van der Waals surface area contributed by atoms with Gasteiger partial charge in [0.25, 0.3) is 0 Å². The molecule has 1 unspecified atom stereocenters. The standard InChI is InChI=1S/C45H27N3O2S/c1-2-11-26(12-3-1)43-46-44(32-17-10-22-39-40(32)31-14-5-7-21-38(31)51-39)48-45(47-43)33-16-9-20-36-42(33)41-28(15-8-19-35(41)50-36)27-23-24-30-29-13-4-6-18-34(29)49-37(30)25-27/h1-11,13-26H,12H2. The molecule has 0 fully saturated rings. The fraction of sp³-hybridized carbons (Fsp3) is 0.0444. The summed E-state index contributed by atoms with van der Waals surface area (Å²) >= 11 is 1.80. The molecule has 0 amide bonds. The fourth-order valence-electron chi connectivity index (χ4n) is 7.72. The number of allylic oxidation sites excluding steroid dienone is 4. The fourth-order valence-corrected chi connectivity index (χ4v) is 8.85. The summed E-state index contributed by atoms with van der Waals surface area (Å²) in [5.74, 6) is 2.10. The Hall–Kier alpha value is -6.37. The first-order valence-corrected chi connectivity index (χ1v) is 17.9. The molecule has 1 aliphatic carbocycles. The molecule has 0 N–H and O–H groups in total. The lowest BCUT2D eigenvalue weighted by atomic mass is 9.96. The monoisotopic (exact) mass is 673 g/mol. The van der Waals surface area contributed by atoms with Crippen molar-refractivity contribution in [3.8, 4) is 33.9 Å². The molecule has 0 aliphatic heterocycles. The molecule has 4 heterocycles. The Balaban J connectivity index is 1.16. The number of fused-ring (bicyclic) bond motifs is 9. The van der Waals surface area contributed by atoms with Crippen LogP contribution in [0.15, 0.2) is 154 Å². The van der Waals surface area contributed by atoms with Gasteiger partial charge in [0, 0.05) is 58.8 Å². The molecule has 0 radical (unpaired) electrons. The Labute approximate surface area is 295 Å². The molecule has 0 bridgehead atoms. The zero-order valence-corrected chi connectivity index (χ0v) is 28.0. The molecule has 0 saturated heterocycles. The van der Waals surface area contributed by atoms with Gasteiger partial charge in [0.15, 0.2) is 11.6 Å². The van der Waals surface area contributed by atoms with Crippen molar-refractivity contribution in [1.29, 1.82) is 0 Å². The predicted octanol–water partition coefficient (Wildman–Crippen LogP) is 12.6. The van der Waals surface area contributed by atoms with E-state index in [4.69, 9.17) is 23.8 Å². The number of para-hydroxylation sites is 1. The molecule has 0 saturated carbocycles. The zero-order valence-electron chi connectivity index (χ0n) is 27.2. The van der Waals surface area contributed by atoms with Crippen LogP contribution in [-0.4, -0.2) is 15.0 Å². The van der Waals surface area contributed by atoms with Gasteiger partial charge < -0.3 is 8.83 Å². The normalized spacial score (nSPS) is 14.6. The van der Waals surface area contributed by atoms with Gasteiger partial charge in [0.05, 0.1) is 0 Å². The van der Waals surface area contributed by atoms with Crippen LogP contribution in [0.1, 0.15) is 18.2 Å². The maximum Gasteiger partial charge on any atom is 0.164 e. The van der Waals surface area contributed by atoms with Gasteiger partial charge in [-0.1, -0.05) is 103 Å². The molecule has 0 spiro atoms. The third-order valence-electron chi connectivity index (χ3n) is 10.1. The van der Waals surface area contributed by atoms with E-state index in [1.54, 1.807) is 11.3 Å². The van der Waals surface area contributed by atoms with Crippen molar-refractivity contribution in [1.82, 2.24) is 15.0 Å². The molecule has 6 heteroatoms. The van der Waals surface area contributed by atoms with Crippen LogP contribution in [0.3, 0.4) is 0 Å². The quantitative estimate of drug-likeness (QED) is 0.186. The van der Waals surface area contributed by atoms with E-state index < -0.39 is 0 Å². The maximum absolute atomic E-state index is 6.56. The summed E-state index contributed by atoms with van der Waals surface area (Å²) in [7, 11) is 0. The molecule has 11 rings (SSSR count). The van der Waals surface area contributed by atoms with E-state index in [1.807, 2.05) is 36.4 Å². The van der Waals surface area contributed by atoms with Gasteiger partial charge in [0.2, 0.25) is 0 Å². The smallest absolute Gasteiger partial charge is 0.164 e.